The van der Waals surface area contributed by atoms with E-state index < -0.39 is 5.97 Å². The van der Waals surface area contributed by atoms with E-state index in [0.717, 1.165) is 0 Å². The van der Waals surface area contributed by atoms with Crippen LogP contribution in [0.5, 0.6) is 0 Å². The summed E-state index contributed by atoms with van der Waals surface area (Å²) in [5.41, 5.74) is 0.354. The van der Waals surface area contributed by atoms with E-state index in [2.05, 4.69) is 15.5 Å². The summed E-state index contributed by atoms with van der Waals surface area (Å²) in [4.78, 5) is 10.6. The summed E-state index contributed by atoms with van der Waals surface area (Å²) in [6, 6.07) is 3.03. The lowest BCUT2D eigenvalue weighted by Crippen LogP contribution is -2.00. The van der Waals surface area contributed by atoms with Gasteiger partial charge in [0.05, 0.1) is 0 Å². The van der Waals surface area contributed by atoms with Gasteiger partial charge in [-0.05, 0) is 22.6 Å². The molecule has 0 saturated carbocycles. The van der Waals surface area contributed by atoms with E-state index in [1.165, 1.54) is 10.6 Å². The van der Waals surface area contributed by atoms with E-state index in [4.69, 9.17) is 5.11 Å². The first-order chi connectivity index (χ1) is 5.79. The number of rotatable bonds is 1. The van der Waals surface area contributed by atoms with Crippen molar-refractivity contribution < 1.29 is 9.90 Å². The molecule has 0 aliphatic heterocycles. The predicted octanol–water partition coefficient (Wildman–Crippen LogP) is -0.178. The molecule has 2 heterocycles. The van der Waals surface area contributed by atoms with Crippen molar-refractivity contribution in [2.45, 2.75) is 0 Å². The fraction of sp³-hybridized carbons (Fsp3) is 0. The molecule has 0 saturated heterocycles. The van der Waals surface area contributed by atoms with E-state index in [-0.39, 0.29) is 11.2 Å². The minimum atomic E-state index is -1.03. The maximum absolute atomic E-state index is 10.6. The first kappa shape index (κ1) is 6.71. The topological polar surface area (TPSA) is 80.4 Å². The molecule has 0 fully saturated rings. The molecule has 2 aromatic rings. The van der Waals surface area contributed by atoms with Crippen LogP contribution < -0.4 is 0 Å². The van der Waals surface area contributed by atoms with Gasteiger partial charge in [-0.1, -0.05) is 0 Å². The summed E-state index contributed by atoms with van der Waals surface area (Å²) in [5, 5.41) is 19.2. The van der Waals surface area contributed by atoms with Crippen LogP contribution in [0.1, 0.15) is 10.4 Å². The van der Waals surface area contributed by atoms with Crippen molar-refractivity contribution >= 4 is 11.6 Å². The van der Waals surface area contributed by atoms with E-state index in [1.54, 1.807) is 12.3 Å². The number of fused-ring (bicyclic) bond motifs is 1. The van der Waals surface area contributed by atoms with Crippen LogP contribution in [-0.4, -0.2) is 31.1 Å². The lowest BCUT2D eigenvalue weighted by atomic mass is 10.3. The summed E-state index contributed by atoms with van der Waals surface area (Å²) >= 11 is 0. The van der Waals surface area contributed by atoms with Gasteiger partial charge in [0.15, 0.2) is 5.65 Å². The van der Waals surface area contributed by atoms with Crippen LogP contribution in [0, 0.1) is 0 Å². The molecule has 60 valence electrons. The van der Waals surface area contributed by atoms with Crippen LogP contribution >= 0.6 is 0 Å². The monoisotopic (exact) mass is 164 g/mol. The highest BCUT2D eigenvalue weighted by atomic mass is 16.4. The minimum Gasteiger partial charge on any atom is -0.478 e. The first-order valence-corrected chi connectivity index (χ1v) is 3.19. The van der Waals surface area contributed by atoms with E-state index >= 15 is 0 Å². The molecule has 12 heavy (non-hydrogen) atoms. The third-order valence-corrected chi connectivity index (χ3v) is 1.45. The van der Waals surface area contributed by atoms with Crippen LogP contribution in [0.15, 0.2) is 18.3 Å². The zero-order chi connectivity index (χ0) is 8.55. The van der Waals surface area contributed by atoms with Crippen molar-refractivity contribution in [2.75, 3.05) is 0 Å². The summed E-state index contributed by atoms with van der Waals surface area (Å²) in [5.74, 6) is -1.03. The van der Waals surface area contributed by atoms with Crippen LogP contribution in [0.2, 0.25) is 0 Å². The Labute approximate surface area is 66.4 Å². The quantitative estimate of drug-likeness (QED) is 0.632. The second kappa shape index (κ2) is 2.26. The zero-order valence-corrected chi connectivity index (χ0v) is 5.88. The number of nitrogens with zero attached hydrogens (tertiary/aromatic N) is 4. The molecule has 0 atom stereocenters. The fourth-order valence-corrected chi connectivity index (χ4v) is 0.934. The maximum atomic E-state index is 10.6. The van der Waals surface area contributed by atoms with Gasteiger partial charge in [-0.25, -0.2) is 4.79 Å². The molecule has 0 bridgehead atoms. The summed E-state index contributed by atoms with van der Waals surface area (Å²) in [6.45, 7) is 0. The molecule has 2 rings (SSSR count). The van der Waals surface area contributed by atoms with Crippen molar-refractivity contribution in [3.05, 3.63) is 23.9 Å². The Bertz CT molecular complexity index is 436. The Balaban J connectivity index is 2.82. The normalized spacial score (nSPS) is 10.3. The van der Waals surface area contributed by atoms with Crippen LogP contribution in [-0.2, 0) is 0 Å². The van der Waals surface area contributed by atoms with Crippen LogP contribution in [0.3, 0.4) is 0 Å². The second-order valence-electron chi connectivity index (χ2n) is 2.17. The van der Waals surface area contributed by atoms with Gasteiger partial charge >= 0.3 is 5.97 Å². The molecule has 2 aromatic heterocycles. The molecule has 6 heteroatoms. The number of hydrogen-bond acceptors (Lipinski definition) is 4. The standard InChI is InChI=1S/C6H4N4O2/c11-6(12)4-2-1-3-10-5(4)7-8-9-10/h1-3H,(H,11,12). The number of carboxylic acid groups (broad SMARTS) is 1. The highest BCUT2D eigenvalue weighted by molar-refractivity contribution is 5.93. The molecule has 1 N–H and O–H groups in total. The summed E-state index contributed by atoms with van der Waals surface area (Å²) < 4.78 is 1.31. The summed E-state index contributed by atoms with van der Waals surface area (Å²) in [7, 11) is 0. The summed E-state index contributed by atoms with van der Waals surface area (Å²) in [6.07, 6.45) is 1.59. The van der Waals surface area contributed by atoms with Gasteiger partial charge in [0.2, 0.25) is 0 Å². The lowest BCUT2D eigenvalue weighted by Gasteiger charge is -1.93. The fourth-order valence-electron chi connectivity index (χ4n) is 0.934. The van der Waals surface area contributed by atoms with Crippen LogP contribution in [0.25, 0.3) is 5.65 Å². The van der Waals surface area contributed by atoms with Gasteiger partial charge in [0.25, 0.3) is 0 Å². The highest BCUT2D eigenvalue weighted by Gasteiger charge is 2.09. The maximum Gasteiger partial charge on any atom is 0.339 e. The number of tetrazole rings is 1. The number of pyridine rings is 1. The van der Waals surface area contributed by atoms with E-state index in [0.29, 0.717) is 0 Å². The average molecular weight is 164 g/mol. The lowest BCUT2D eigenvalue weighted by molar-refractivity contribution is 0.0698. The minimum absolute atomic E-state index is 0.0995. The number of aromatic nitrogens is 4. The van der Waals surface area contributed by atoms with E-state index in [1.807, 2.05) is 0 Å². The molecule has 0 aliphatic carbocycles. The Kier molecular flexibility index (Phi) is 1.26. The van der Waals surface area contributed by atoms with Gasteiger partial charge in [-0.2, -0.15) is 4.52 Å². The third-order valence-electron chi connectivity index (χ3n) is 1.45. The molecule has 0 spiro atoms. The number of aromatic carboxylic acids is 1. The zero-order valence-electron chi connectivity index (χ0n) is 5.88. The Morgan fingerprint density at radius 2 is 2.42 bits per heavy atom. The molecular weight excluding hydrogens is 160 g/mol. The highest BCUT2D eigenvalue weighted by Crippen LogP contribution is 2.04. The molecule has 0 unspecified atom stereocenters. The largest absolute Gasteiger partial charge is 0.478 e. The van der Waals surface area contributed by atoms with Gasteiger partial charge < -0.3 is 5.11 Å². The first-order valence-electron chi connectivity index (χ1n) is 3.19. The average Bonchev–Trinajstić information content (AvgIpc) is 2.49. The van der Waals surface area contributed by atoms with Crippen molar-refractivity contribution in [1.82, 2.24) is 20.0 Å². The molecular formula is C6H4N4O2. The third kappa shape index (κ3) is 0.815. The van der Waals surface area contributed by atoms with Crippen molar-refractivity contribution in [1.29, 1.82) is 0 Å². The molecule has 0 radical (unpaired) electrons. The predicted molar refractivity (Wildman–Crippen MR) is 37.7 cm³/mol. The second-order valence-corrected chi connectivity index (χ2v) is 2.17. The molecule has 0 aliphatic rings. The van der Waals surface area contributed by atoms with E-state index in [9.17, 15) is 4.79 Å². The number of hydrogen-bond donors (Lipinski definition) is 1. The van der Waals surface area contributed by atoms with Gasteiger partial charge in [0.1, 0.15) is 5.56 Å². The van der Waals surface area contributed by atoms with Crippen molar-refractivity contribution in [2.24, 2.45) is 0 Å². The van der Waals surface area contributed by atoms with Crippen molar-refractivity contribution in [3.63, 3.8) is 0 Å². The van der Waals surface area contributed by atoms with Gasteiger partial charge in [-0.15, -0.1) is 5.10 Å². The van der Waals surface area contributed by atoms with Crippen LogP contribution in [0.4, 0.5) is 0 Å². The van der Waals surface area contributed by atoms with Gasteiger partial charge in [0, 0.05) is 6.20 Å². The smallest absolute Gasteiger partial charge is 0.339 e. The number of carbonyl (C=O) groups is 1. The SMILES string of the molecule is O=C(O)c1cccn2nnnc12. The Morgan fingerprint density at radius 1 is 1.58 bits per heavy atom. The molecule has 0 aromatic carbocycles. The molecule has 6 nitrogen and oxygen atoms in total. The number of carboxylic acids is 1. The van der Waals surface area contributed by atoms with Gasteiger partial charge in [-0.3, -0.25) is 0 Å². The van der Waals surface area contributed by atoms with Crippen molar-refractivity contribution in [3.8, 4) is 0 Å². The Hall–Kier alpha value is -1.98. The molecule has 0 amide bonds. The Morgan fingerprint density at radius 3 is 3.17 bits per heavy atom.